The van der Waals surface area contributed by atoms with Crippen molar-refractivity contribution in [2.24, 2.45) is 5.92 Å². The topological polar surface area (TPSA) is 3.24 Å². The fourth-order valence-electron chi connectivity index (χ4n) is 1.36. The molecular weight excluding hydrogens is 225 g/mol. The summed E-state index contributed by atoms with van der Waals surface area (Å²) in [6.07, 6.45) is 2.80. The second-order valence-electron chi connectivity index (χ2n) is 2.97. The fraction of sp³-hybridized carbons (Fsp3) is 1.00. The number of rotatable bonds is 0. The number of likely N-dealkylation sites (tertiary alicyclic amines) is 1. The standard InChI is InChI=1S/C7H14IN/c1-6-4-3-5-9(2)7(6)8/h6-7H,3-5H2,1-2H3. The Balaban J connectivity index is 2.41. The molecule has 0 radical (unpaired) electrons. The Morgan fingerprint density at radius 1 is 1.56 bits per heavy atom. The Morgan fingerprint density at radius 2 is 2.22 bits per heavy atom. The number of alkyl halides is 1. The summed E-state index contributed by atoms with van der Waals surface area (Å²) in [5.41, 5.74) is 0. The number of hydrogen-bond acceptors (Lipinski definition) is 1. The van der Waals surface area contributed by atoms with E-state index in [2.05, 4.69) is 41.5 Å². The van der Waals surface area contributed by atoms with Crippen LogP contribution in [0.25, 0.3) is 0 Å². The van der Waals surface area contributed by atoms with Gasteiger partial charge in [0.25, 0.3) is 0 Å². The average Bonchev–Trinajstić information content (AvgIpc) is 1.83. The van der Waals surface area contributed by atoms with Crippen LogP contribution in [0.15, 0.2) is 0 Å². The molecule has 2 heteroatoms. The zero-order chi connectivity index (χ0) is 6.85. The molecule has 0 saturated carbocycles. The molecule has 0 aromatic carbocycles. The van der Waals surface area contributed by atoms with Gasteiger partial charge >= 0.3 is 0 Å². The second kappa shape index (κ2) is 3.19. The molecule has 1 rings (SSSR count). The van der Waals surface area contributed by atoms with Gasteiger partial charge in [-0.2, -0.15) is 0 Å². The molecule has 9 heavy (non-hydrogen) atoms. The Kier molecular flexibility index (Phi) is 2.76. The van der Waals surface area contributed by atoms with E-state index in [4.69, 9.17) is 0 Å². The normalized spacial score (nSPS) is 39.0. The smallest absolute Gasteiger partial charge is 0.0642 e. The minimum absolute atomic E-state index is 0.774. The molecule has 1 fully saturated rings. The number of halogens is 1. The van der Waals surface area contributed by atoms with Gasteiger partial charge in [-0.05, 0) is 32.4 Å². The zero-order valence-corrected chi connectivity index (χ0v) is 8.26. The molecule has 0 aromatic heterocycles. The predicted octanol–water partition coefficient (Wildman–Crippen LogP) is 2.11. The van der Waals surface area contributed by atoms with E-state index in [1.54, 1.807) is 0 Å². The lowest BCUT2D eigenvalue weighted by molar-refractivity contribution is 0.207. The molecule has 1 nitrogen and oxygen atoms in total. The molecule has 0 amide bonds. The molecule has 0 N–H and O–H groups in total. The summed E-state index contributed by atoms with van der Waals surface area (Å²) in [5.74, 6) is 0.893. The van der Waals surface area contributed by atoms with Crippen LogP contribution < -0.4 is 0 Å². The molecule has 1 heterocycles. The van der Waals surface area contributed by atoms with E-state index >= 15 is 0 Å². The van der Waals surface area contributed by atoms with Crippen molar-refractivity contribution < 1.29 is 0 Å². The molecule has 0 bridgehead atoms. The first-order chi connectivity index (χ1) is 4.22. The van der Waals surface area contributed by atoms with Crippen molar-refractivity contribution in [2.75, 3.05) is 13.6 Å². The third kappa shape index (κ3) is 1.80. The van der Waals surface area contributed by atoms with Crippen LogP contribution in [0.3, 0.4) is 0 Å². The molecule has 0 aromatic rings. The van der Waals surface area contributed by atoms with Gasteiger partial charge in [0.2, 0.25) is 0 Å². The van der Waals surface area contributed by atoms with Crippen LogP contribution in [-0.4, -0.2) is 22.5 Å². The van der Waals surface area contributed by atoms with Crippen LogP contribution >= 0.6 is 22.6 Å². The summed E-state index contributed by atoms with van der Waals surface area (Å²) in [7, 11) is 2.22. The molecular formula is C7H14IN. The van der Waals surface area contributed by atoms with Gasteiger partial charge in [-0.15, -0.1) is 0 Å². The third-order valence-electron chi connectivity index (χ3n) is 2.06. The third-order valence-corrected chi connectivity index (χ3v) is 4.24. The first-order valence-corrected chi connectivity index (χ1v) is 4.80. The monoisotopic (exact) mass is 239 g/mol. The molecule has 2 unspecified atom stereocenters. The van der Waals surface area contributed by atoms with Crippen molar-refractivity contribution in [3.05, 3.63) is 0 Å². The van der Waals surface area contributed by atoms with Gasteiger partial charge < -0.3 is 0 Å². The van der Waals surface area contributed by atoms with Crippen molar-refractivity contribution >= 4 is 22.6 Å². The van der Waals surface area contributed by atoms with Gasteiger partial charge in [0.1, 0.15) is 0 Å². The van der Waals surface area contributed by atoms with Crippen LogP contribution in [0.4, 0.5) is 0 Å². The highest BCUT2D eigenvalue weighted by Gasteiger charge is 2.22. The Labute approximate surface area is 70.9 Å². The second-order valence-corrected chi connectivity index (χ2v) is 4.25. The maximum Gasteiger partial charge on any atom is 0.0642 e. The Bertz CT molecular complexity index is 84.9. The fourth-order valence-corrected chi connectivity index (χ4v) is 2.00. The Morgan fingerprint density at radius 3 is 2.67 bits per heavy atom. The van der Waals surface area contributed by atoms with Gasteiger partial charge in [0.05, 0.1) is 4.05 Å². The Hall–Kier alpha value is 0.690. The summed E-state index contributed by atoms with van der Waals surface area (Å²) in [6.45, 7) is 3.63. The van der Waals surface area contributed by atoms with Gasteiger partial charge in [-0.25, -0.2) is 0 Å². The van der Waals surface area contributed by atoms with Crippen LogP contribution in [0.5, 0.6) is 0 Å². The van der Waals surface area contributed by atoms with Gasteiger partial charge in [-0.1, -0.05) is 29.5 Å². The van der Waals surface area contributed by atoms with Crippen molar-refractivity contribution in [3.8, 4) is 0 Å². The van der Waals surface area contributed by atoms with Crippen LogP contribution in [0, 0.1) is 5.92 Å². The lowest BCUT2D eigenvalue weighted by Gasteiger charge is -2.33. The van der Waals surface area contributed by atoms with Gasteiger partial charge in [-0.3, -0.25) is 4.90 Å². The quantitative estimate of drug-likeness (QED) is 0.355. The average molecular weight is 239 g/mol. The minimum Gasteiger partial charge on any atom is -0.294 e. The summed E-state index contributed by atoms with van der Waals surface area (Å²) >= 11 is 2.53. The maximum atomic E-state index is 2.53. The molecule has 1 aliphatic heterocycles. The molecule has 1 saturated heterocycles. The van der Waals surface area contributed by atoms with Crippen molar-refractivity contribution in [1.82, 2.24) is 4.90 Å². The summed E-state index contributed by atoms with van der Waals surface area (Å²) in [6, 6.07) is 0. The molecule has 2 atom stereocenters. The lowest BCUT2D eigenvalue weighted by Crippen LogP contribution is -2.37. The van der Waals surface area contributed by atoms with E-state index in [-0.39, 0.29) is 0 Å². The van der Waals surface area contributed by atoms with E-state index in [1.165, 1.54) is 19.4 Å². The highest BCUT2D eigenvalue weighted by Crippen LogP contribution is 2.25. The first kappa shape index (κ1) is 7.79. The van der Waals surface area contributed by atoms with E-state index in [1.807, 2.05) is 0 Å². The van der Waals surface area contributed by atoms with Crippen LogP contribution in [0.2, 0.25) is 0 Å². The van der Waals surface area contributed by atoms with Gasteiger partial charge in [0.15, 0.2) is 0 Å². The first-order valence-electron chi connectivity index (χ1n) is 3.56. The van der Waals surface area contributed by atoms with Crippen LogP contribution in [0.1, 0.15) is 19.8 Å². The lowest BCUT2D eigenvalue weighted by atomic mass is 10.0. The molecule has 1 aliphatic rings. The number of piperidine rings is 1. The summed E-state index contributed by atoms with van der Waals surface area (Å²) < 4.78 is 0.774. The van der Waals surface area contributed by atoms with E-state index in [9.17, 15) is 0 Å². The van der Waals surface area contributed by atoms with E-state index < -0.39 is 0 Å². The SMILES string of the molecule is CC1CCCN(C)C1I. The van der Waals surface area contributed by atoms with Gasteiger partial charge in [0, 0.05) is 0 Å². The molecule has 54 valence electrons. The number of nitrogens with zero attached hydrogens (tertiary/aromatic N) is 1. The van der Waals surface area contributed by atoms with E-state index in [0.29, 0.717) is 0 Å². The predicted molar refractivity (Wildman–Crippen MR) is 48.8 cm³/mol. The summed E-state index contributed by atoms with van der Waals surface area (Å²) in [4.78, 5) is 2.44. The molecule has 0 aliphatic carbocycles. The molecule has 0 spiro atoms. The zero-order valence-electron chi connectivity index (χ0n) is 6.10. The van der Waals surface area contributed by atoms with Crippen molar-refractivity contribution in [1.29, 1.82) is 0 Å². The largest absolute Gasteiger partial charge is 0.294 e. The van der Waals surface area contributed by atoms with Crippen molar-refractivity contribution in [2.45, 2.75) is 23.8 Å². The maximum absolute atomic E-state index is 2.53. The van der Waals surface area contributed by atoms with E-state index in [0.717, 1.165) is 9.97 Å². The summed E-state index contributed by atoms with van der Waals surface area (Å²) in [5, 5.41) is 0. The van der Waals surface area contributed by atoms with Crippen molar-refractivity contribution in [3.63, 3.8) is 0 Å². The number of hydrogen-bond donors (Lipinski definition) is 0. The minimum atomic E-state index is 0.774. The highest BCUT2D eigenvalue weighted by molar-refractivity contribution is 14.1. The highest BCUT2D eigenvalue weighted by atomic mass is 127. The van der Waals surface area contributed by atoms with Crippen LogP contribution in [-0.2, 0) is 0 Å².